The van der Waals surface area contributed by atoms with Crippen molar-refractivity contribution >= 4 is 28.7 Å². The van der Waals surface area contributed by atoms with Gasteiger partial charge in [-0.15, -0.1) is 15.3 Å². The number of anilines is 1. The summed E-state index contributed by atoms with van der Waals surface area (Å²) in [6.07, 6.45) is 1.51. The Hall–Kier alpha value is -2.31. The molecule has 0 saturated heterocycles. The molecule has 0 bridgehead atoms. The molecule has 0 spiro atoms. The molecule has 3 heterocycles. The third-order valence-electron chi connectivity index (χ3n) is 5.50. The van der Waals surface area contributed by atoms with Gasteiger partial charge in [-0.05, 0) is 26.2 Å². The van der Waals surface area contributed by atoms with Crippen LogP contribution in [0.1, 0.15) is 63.1 Å². The number of thioether (sulfide) groups is 1. The average molecular weight is 448 g/mol. The molecular formula is C19H29N9O2S. The molecule has 0 radical (unpaired) electrons. The number of aryl methyl sites for hydroxylation is 1. The highest BCUT2D eigenvalue weighted by Gasteiger charge is 2.46. The zero-order chi connectivity index (χ0) is 22.0. The van der Waals surface area contributed by atoms with Crippen molar-refractivity contribution in [2.45, 2.75) is 75.8 Å². The summed E-state index contributed by atoms with van der Waals surface area (Å²) in [6.45, 7) is 6.83. The van der Waals surface area contributed by atoms with Crippen LogP contribution in [-0.4, -0.2) is 74.9 Å². The lowest BCUT2D eigenvalue weighted by molar-refractivity contribution is 0.0146. The first kappa shape index (κ1) is 21.9. The molecule has 1 saturated carbocycles. The van der Waals surface area contributed by atoms with Gasteiger partial charge in [-0.3, -0.25) is 0 Å². The van der Waals surface area contributed by atoms with Gasteiger partial charge >= 0.3 is 0 Å². The summed E-state index contributed by atoms with van der Waals surface area (Å²) < 4.78 is 1.62. The second-order valence-electron chi connectivity index (χ2n) is 7.88. The van der Waals surface area contributed by atoms with Crippen LogP contribution in [0.25, 0.3) is 11.2 Å². The molecule has 4 atom stereocenters. The third kappa shape index (κ3) is 4.37. The fraction of sp³-hybridized carbons (Fsp3) is 0.684. The summed E-state index contributed by atoms with van der Waals surface area (Å²) in [4.78, 5) is 12.4. The summed E-state index contributed by atoms with van der Waals surface area (Å²) in [5, 5.41) is 42.2. The molecule has 0 amide bonds. The molecule has 168 valence electrons. The number of aliphatic hydroxyl groups is 2. The number of unbranched alkanes of at least 4 members (excludes halogenated alkanes) is 1. The number of hydrogen-bond acceptors (Lipinski definition) is 10. The van der Waals surface area contributed by atoms with Crippen LogP contribution in [0.3, 0.4) is 0 Å². The molecule has 31 heavy (non-hydrogen) atoms. The Balaban J connectivity index is 1.69. The van der Waals surface area contributed by atoms with Crippen LogP contribution in [0.2, 0.25) is 0 Å². The summed E-state index contributed by atoms with van der Waals surface area (Å²) in [5.74, 6) is 2.41. The van der Waals surface area contributed by atoms with E-state index in [4.69, 9.17) is 0 Å². The average Bonchev–Trinajstić information content (AvgIpc) is 3.45. The van der Waals surface area contributed by atoms with Gasteiger partial charge in [0.25, 0.3) is 0 Å². The quantitative estimate of drug-likeness (QED) is 0.217. The lowest BCUT2D eigenvalue weighted by Gasteiger charge is -2.17. The number of aromatic amines is 1. The predicted octanol–water partition coefficient (Wildman–Crippen LogP) is 1.81. The van der Waals surface area contributed by atoms with Gasteiger partial charge in [-0.25, -0.2) is 14.6 Å². The molecule has 3 aromatic rings. The minimum Gasteiger partial charge on any atom is -0.390 e. The van der Waals surface area contributed by atoms with Crippen molar-refractivity contribution in [2.24, 2.45) is 0 Å². The maximum absolute atomic E-state index is 10.8. The van der Waals surface area contributed by atoms with Gasteiger partial charge in [0.05, 0.1) is 12.1 Å². The summed E-state index contributed by atoms with van der Waals surface area (Å²) in [5.41, 5.74) is 1.12. The van der Waals surface area contributed by atoms with E-state index in [1.807, 2.05) is 0 Å². The Morgan fingerprint density at radius 3 is 2.68 bits per heavy atom. The van der Waals surface area contributed by atoms with Crippen molar-refractivity contribution in [1.82, 2.24) is 40.1 Å². The molecule has 1 aliphatic rings. The number of aromatic nitrogens is 8. The second-order valence-corrected chi connectivity index (χ2v) is 8.94. The zero-order valence-corrected chi connectivity index (χ0v) is 18.8. The highest BCUT2D eigenvalue weighted by molar-refractivity contribution is 7.99. The van der Waals surface area contributed by atoms with E-state index in [0.717, 1.165) is 31.6 Å². The minimum absolute atomic E-state index is 0.377. The smallest absolute Gasteiger partial charge is 0.191 e. The molecule has 11 nitrogen and oxygen atoms in total. The molecule has 2 unspecified atom stereocenters. The summed E-state index contributed by atoms with van der Waals surface area (Å²) >= 11 is 1.58. The molecule has 12 heteroatoms. The molecule has 1 fully saturated rings. The first-order valence-corrected chi connectivity index (χ1v) is 11.8. The monoisotopic (exact) mass is 447 g/mol. The van der Waals surface area contributed by atoms with Crippen LogP contribution in [0.15, 0.2) is 5.16 Å². The SMILES string of the molecule is CCCCNc1nc(SCCC)nc2c1nnn2C1CC(c2nnc(C)[nH]2)[C@@H](O)[C@H]1O. The lowest BCUT2D eigenvalue weighted by Crippen LogP contribution is -2.29. The van der Waals surface area contributed by atoms with Crippen molar-refractivity contribution < 1.29 is 10.2 Å². The van der Waals surface area contributed by atoms with Crippen LogP contribution >= 0.6 is 11.8 Å². The number of H-pyrrole nitrogens is 1. The molecule has 4 N–H and O–H groups in total. The van der Waals surface area contributed by atoms with Gasteiger partial charge in [-0.1, -0.05) is 37.2 Å². The Labute approximate surface area is 184 Å². The van der Waals surface area contributed by atoms with Gasteiger partial charge in [0.2, 0.25) is 0 Å². The third-order valence-corrected chi connectivity index (χ3v) is 6.55. The van der Waals surface area contributed by atoms with Crippen LogP contribution in [0, 0.1) is 6.92 Å². The van der Waals surface area contributed by atoms with E-state index in [2.05, 4.69) is 54.6 Å². The lowest BCUT2D eigenvalue weighted by atomic mass is 10.1. The van der Waals surface area contributed by atoms with Gasteiger partial charge < -0.3 is 20.5 Å². The van der Waals surface area contributed by atoms with E-state index >= 15 is 0 Å². The van der Waals surface area contributed by atoms with E-state index in [-0.39, 0.29) is 5.92 Å². The standard InChI is InChI=1S/C19H29N9O2S/c1-4-6-7-20-17-13-18(23-19(22-17)31-8-5-2)28(27-25-13)12-9-11(14(29)15(12)30)16-21-10(3)24-26-16/h11-12,14-15,29-30H,4-9H2,1-3H3,(H,20,22,23)(H,21,24,26)/t11?,12?,14-,15+/m1/s1. The Morgan fingerprint density at radius 2 is 1.97 bits per heavy atom. The van der Waals surface area contributed by atoms with E-state index in [1.54, 1.807) is 23.4 Å². The fourth-order valence-electron chi connectivity index (χ4n) is 3.85. The Bertz CT molecular complexity index is 1020. The Kier molecular flexibility index (Phi) is 6.68. The van der Waals surface area contributed by atoms with Crippen LogP contribution in [-0.2, 0) is 0 Å². The van der Waals surface area contributed by atoms with Crippen molar-refractivity contribution in [3.05, 3.63) is 11.6 Å². The van der Waals surface area contributed by atoms with E-state index in [1.165, 1.54) is 0 Å². The van der Waals surface area contributed by atoms with Crippen LogP contribution in [0.5, 0.6) is 0 Å². The number of aliphatic hydroxyl groups excluding tert-OH is 2. The highest BCUT2D eigenvalue weighted by atomic mass is 32.2. The highest BCUT2D eigenvalue weighted by Crippen LogP contribution is 2.41. The first-order valence-electron chi connectivity index (χ1n) is 10.8. The van der Waals surface area contributed by atoms with E-state index in [0.29, 0.717) is 40.2 Å². The minimum atomic E-state index is -1.03. The maximum atomic E-state index is 10.8. The molecular weight excluding hydrogens is 418 g/mol. The van der Waals surface area contributed by atoms with E-state index in [9.17, 15) is 10.2 Å². The number of nitrogens with one attached hydrogen (secondary N) is 2. The topological polar surface area (TPSA) is 151 Å². The maximum Gasteiger partial charge on any atom is 0.191 e. The summed E-state index contributed by atoms with van der Waals surface area (Å²) in [7, 11) is 0. The number of nitrogens with zero attached hydrogens (tertiary/aromatic N) is 7. The van der Waals surface area contributed by atoms with Crippen molar-refractivity contribution in [1.29, 1.82) is 0 Å². The van der Waals surface area contributed by atoms with Crippen molar-refractivity contribution in [3.8, 4) is 0 Å². The Morgan fingerprint density at radius 1 is 1.13 bits per heavy atom. The molecule has 4 rings (SSSR count). The first-order chi connectivity index (χ1) is 15.0. The van der Waals surface area contributed by atoms with Crippen LogP contribution in [0.4, 0.5) is 5.82 Å². The number of fused-ring (bicyclic) bond motifs is 1. The van der Waals surface area contributed by atoms with Crippen molar-refractivity contribution in [3.63, 3.8) is 0 Å². The van der Waals surface area contributed by atoms with Crippen LogP contribution < -0.4 is 5.32 Å². The zero-order valence-electron chi connectivity index (χ0n) is 18.0. The molecule has 3 aromatic heterocycles. The second kappa shape index (κ2) is 9.45. The molecule has 1 aliphatic carbocycles. The predicted molar refractivity (Wildman–Crippen MR) is 117 cm³/mol. The van der Waals surface area contributed by atoms with Crippen molar-refractivity contribution in [2.75, 3.05) is 17.6 Å². The van der Waals surface area contributed by atoms with Gasteiger partial charge in [0.15, 0.2) is 22.1 Å². The van der Waals surface area contributed by atoms with Gasteiger partial charge in [0, 0.05) is 18.2 Å². The molecule has 0 aliphatic heterocycles. The molecule has 0 aromatic carbocycles. The van der Waals surface area contributed by atoms with E-state index < -0.39 is 18.2 Å². The number of rotatable bonds is 9. The normalized spacial score (nSPS) is 23.6. The fourth-order valence-corrected chi connectivity index (χ4v) is 4.55. The number of hydrogen-bond donors (Lipinski definition) is 4. The van der Waals surface area contributed by atoms with Gasteiger partial charge in [0.1, 0.15) is 17.8 Å². The summed E-state index contributed by atoms with van der Waals surface area (Å²) in [6, 6.07) is -0.488. The van der Waals surface area contributed by atoms with Gasteiger partial charge in [-0.2, -0.15) is 0 Å². The largest absolute Gasteiger partial charge is 0.390 e.